The molecule has 3 amide bonds. The number of carbonyl (C=O) groups excluding carboxylic acids is 3. The zero-order valence-corrected chi connectivity index (χ0v) is 18.8. The summed E-state index contributed by atoms with van der Waals surface area (Å²) in [6.45, 7) is 1.63. The third-order valence-corrected chi connectivity index (χ3v) is 7.53. The fourth-order valence-corrected chi connectivity index (χ4v) is 5.98. The lowest BCUT2D eigenvalue weighted by Gasteiger charge is -2.29. The van der Waals surface area contributed by atoms with Crippen molar-refractivity contribution in [3.8, 4) is 0 Å². The van der Waals surface area contributed by atoms with Crippen LogP contribution in [0.2, 0.25) is 0 Å². The number of fused-ring (bicyclic) bond motifs is 4. The van der Waals surface area contributed by atoms with Crippen molar-refractivity contribution < 1.29 is 19.3 Å². The Labute approximate surface area is 194 Å². The average Bonchev–Trinajstić information content (AvgIpc) is 3.37. The second kappa shape index (κ2) is 7.67. The summed E-state index contributed by atoms with van der Waals surface area (Å²) in [5.41, 5.74) is 0.612. The van der Waals surface area contributed by atoms with E-state index in [-0.39, 0.29) is 23.5 Å². The van der Waals surface area contributed by atoms with Gasteiger partial charge in [-0.25, -0.2) is 4.90 Å². The fraction of sp³-hybridized carbons (Fsp3) is 0.348. The Morgan fingerprint density at radius 2 is 1.91 bits per heavy atom. The molecule has 0 bridgehead atoms. The van der Waals surface area contributed by atoms with Crippen molar-refractivity contribution in [3.63, 3.8) is 0 Å². The highest BCUT2D eigenvalue weighted by atomic mass is 32.2. The first kappa shape index (κ1) is 21.6. The van der Waals surface area contributed by atoms with E-state index in [1.54, 1.807) is 24.8 Å². The molecule has 170 valence electrons. The molecule has 2 aromatic carbocycles. The number of hydrogen-bond acceptors (Lipinski definition) is 7. The molecule has 2 aromatic rings. The van der Waals surface area contributed by atoms with Gasteiger partial charge in [0, 0.05) is 29.4 Å². The number of nitrogens with zero attached hydrogens (tertiary/aromatic N) is 2. The molecule has 5 rings (SSSR count). The van der Waals surface area contributed by atoms with E-state index in [0.29, 0.717) is 28.9 Å². The Hall–Kier alpha value is -3.24. The number of rotatable bonds is 5. The smallest absolute Gasteiger partial charge is 0.269 e. The monoisotopic (exact) mass is 466 g/mol. The zero-order valence-electron chi connectivity index (χ0n) is 18.0. The van der Waals surface area contributed by atoms with Crippen LogP contribution in [0.25, 0.3) is 0 Å². The summed E-state index contributed by atoms with van der Waals surface area (Å²) >= 11 is 1.63. The lowest BCUT2D eigenvalue weighted by atomic mass is 9.76. The van der Waals surface area contributed by atoms with Crippen LogP contribution < -0.4 is 15.5 Å². The number of non-ortho nitro benzene ring substituents is 1. The van der Waals surface area contributed by atoms with E-state index >= 15 is 0 Å². The van der Waals surface area contributed by atoms with E-state index in [2.05, 4.69) is 10.6 Å². The van der Waals surface area contributed by atoms with Crippen molar-refractivity contribution in [3.05, 3.63) is 63.7 Å². The molecule has 1 spiro atoms. The van der Waals surface area contributed by atoms with Gasteiger partial charge in [0.05, 0.1) is 22.4 Å². The summed E-state index contributed by atoms with van der Waals surface area (Å²) in [6.07, 6.45) is 2.58. The minimum absolute atomic E-state index is 0.115. The summed E-state index contributed by atoms with van der Waals surface area (Å²) in [6, 6.07) is 10.9. The summed E-state index contributed by atoms with van der Waals surface area (Å²) in [7, 11) is 0. The van der Waals surface area contributed by atoms with Crippen LogP contribution in [0.3, 0.4) is 0 Å². The molecule has 0 radical (unpaired) electrons. The molecule has 0 unspecified atom stereocenters. The number of imide groups is 1. The van der Waals surface area contributed by atoms with Crippen molar-refractivity contribution in [2.75, 3.05) is 22.2 Å². The molecule has 3 aliphatic heterocycles. The van der Waals surface area contributed by atoms with Gasteiger partial charge in [-0.2, -0.15) is 11.8 Å². The van der Waals surface area contributed by atoms with Gasteiger partial charge in [0.1, 0.15) is 5.54 Å². The highest BCUT2D eigenvalue weighted by Crippen LogP contribution is 2.54. The van der Waals surface area contributed by atoms with Gasteiger partial charge in [0.15, 0.2) is 0 Å². The number of nitro benzene ring substituents is 1. The van der Waals surface area contributed by atoms with E-state index in [4.69, 9.17) is 0 Å². The fourth-order valence-electron chi connectivity index (χ4n) is 5.49. The highest BCUT2D eigenvalue weighted by Gasteiger charge is 2.70. The van der Waals surface area contributed by atoms with Gasteiger partial charge in [-0.05, 0) is 43.0 Å². The van der Waals surface area contributed by atoms with Crippen LogP contribution in [0.1, 0.15) is 17.5 Å². The number of hydrogen-bond donors (Lipinski definition) is 2. The van der Waals surface area contributed by atoms with E-state index in [1.165, 1.54) is 18.2 Å². The number of carbonyl (C=O) groups is 3. The SMILES string of the molecule is CSCC[C@@H]1N[C@@]2(C(=O)Nc3ccccc32)[C@@H]2C(=O)N(c3ccc([N+](=O)[O-])cc3C)C(=O)[C@H]12. The number of benzene rings is 2. The first-order valence-corrected chi connectivity index (χ1v) is 12.0. The molecule has 10 heteroatoms. The maximum absolute atomic E-state index is 13.9. The van der Waals surface area contributed by atoms with Crippen LogP contribution in [-0.2, 0) is 19.9 Å². The Bertz CT molecular complexity index is 1220. The molecule has 9 nitrogen and oxygen atoms in total. The van der Waals surface area contributed by atoms with Crippen LogP contribution in [0.5, 0.6) is 0 Å². The van der Waals surface area contributed by atoms with Gasteiger partial charge in [-0.15, -0.1) is 0 Å². The van der Waals surface area contributed by atoms with Crippen LogP contribution in [0.4, 0.5) is 17.1 Å². The summed E-state index contributed by atoms with van der Waals surface area (Å²) in [5.74, 6) is -2.04. The first-order valence-electron chi connectivity index (χ1n) is 10.6. The Balaban J connectivity index is 1.63. The van der Waals surface area contributed by atoms with E-state index < -0.39 is 28.2 Å². The maximum Gasteiger partial charge on any atom is 0.269 e. The molecular weight excluding hydrogens is 444 g/mol. The average molecular weight is 467 g/mol. The van der Waals surface area contributed by atoms with Gasteiger partial charge >= 0.3 is 0 Å². The predicted molar refractivity (Wildman–Crippen MR) is 124 cm³/mol. The van der Waals surface area contributed by atoms with E-state index in [1.807, 2.05) is 24.5 Å². The highest BCUT2D eigenvalue weighted by molar-refractivity contribution is 7.98. The zero-order chi connectivity index (χ0) is 23.5. The van der Waals surface area contributed by atoms with Crippen LogP contribution in [0.15, 0.2) is 42.5 Å². The van der Waals surface area contributed by atoms with Crippen LogP contribution >= 0.6 is 11.8 Å². The van der Waals surface area contributed by atoms with Crippen LogP contribution in [0, 0.1) is 28.9 Å². The lowest BCUT2D eigenvalue weighted by molar-refractivity contribution is -0.384. The van der Waals surface area contributed by atoms with E-state index in [0.717, 1.165) is 10.7 Å². The summed E-state index contributed by atoms with van der Waals surface area (Å²) in [4.78, 5) is 52.7. The quantitative estimate of drug-likeness (QED) is 0.395. The van der Waals surface area contributed by atoms with Crippen molar-refractivity contribution in [1.82, 2.24) is 5.32 Å². The van der Waals surface area contributed by atoms with Gasteiger partial charge in [0.25, 0.3) is 5.69 Å². The van der Waals surface area contributed by atoms with Gasteiger partial charge in [-0.1, -0.05) is 18.2 Å². The number of para-hydroxylation sites is 1. The largest absolute Gasteiger partial charge is 0.324 e. The Morgan fingerprint density at radius 3 is 2.61 bits per heavy atom. The second-order valence-electron chi connectivity index (χ2n) is 8.58. The molecule has 2 saturated heterocycles. The van der Waals surface area contributed by atoms with Crippen molar-refractivity contribution in [2.45, 2.75) is 24.9 Å². The van der Waals surface area contributed by atoms with Crippen molar-refractivity contribution >= 4 is 46.5 Å². The molecule has 2 fully saturated rings. The topological polar surface area (TPSA) is 122 Å². The lowest BCUT2D eigenvalue weighted by Crippen LogP contribution is -2.53. The predicted octanol–water partition coefficient (Wildman–Crippen LogP) is 2.58. The summed E-state index contributed by atoms with van der Waals surface area (Å²) < 4.78 is 0. The Kier molecular flexibility index (Phi) is 5.02. The number of thioether (sulfide) groups is 1. The minimum Gasteiger partial charge on any atom is -0.324 e. The summed E-state index contributed by atoms with van der Waals surface area (Å²) in [5, 5.41) is 17.4. The van der Waals surface area contributed by atoms with Gasteiger partial charge < -0.3 is 5.32 Å². The second-order valence-corrected chi connectivity index (χ2v) is 9.57. The Morgan fingerprint density at radius 1 is 1.15 bits per heavy atom. The molecule has 3 aliphatic rings. The molecule has 33 heavy (non-hydrogen) atoms. The number of anilines is 2. The number of nitro groups is 1. The molecule has 0 aliphatic carbocycles. The van der Waals surface area contributed by atoms with Crippen molar-refractivity contribution in [1.29, 1.82) is 0 Å². The van der Waals surface area contributed by atoms with Gasteiger partial charge in [0.2, 0.25) is 17.7 Å². The molecule has 0 aromatic heterocycles. The molecule has 2 N–H and O–H groups in total. The molecule has 4 atom stereocenters. The van der Waals surface area contributed by atoms with Crippen molar-refractivity contribution in [2.24, 2.45) is 11.8 Å². The number of amides is 3. The third kappa shape index (κ3) is 2.94. The van der Waals surface area contributed by atoms with Gasteiger partial charge in [-0.3, -0.25) is 29.8 Å². The first-order chi connectivity index (χ1) is 15.8. The third-order valence-electron chi connectivity index (χ3n) is 6.89. The molecule has 0 saturated carbocycles. The number of nitrogens with one attached hydrogen (secondary N) is 2. The minimum atomic E-state index is -1.33. The normalized spacial score (nSPS) is 27.8. The molecular formula is C23H22N4O5S. The molecule has 3 heterocycles. The van der Waals surface area contributed by atoms with Crippen LogP contribution in [-0.4, -0.2) is 40.7 Å². The van der Waals surface area contributed by atoms with E-state index in [9.17, 15) is 24.5 Å². The number of aryl methyl sites for hydroxylation is 1. The maximum atomic E-state index is 13.9. The standard InChI is InChI=1S/C23H22N4O5S/c1-12-11-13(27(31)32)7-8-17(12)26-20(28)18-16(9-10-33-2)25-23(19(18)21(26)29)14-5-3-4-6-15(14)24-22(23)30/h3-8,11,16,18-19,25H,9-10H2,1-2H3,(H,24,30)/t16-,18+,19-,23+/m0/s1.